The summed E-state index contributed by atoms with van der Waals surface area (Å²) in [5.41, 5.74) is 1.26. The molecule has 0 unspecified atom stereocenters. The minimum absolute atomic E-state index is 0.169. The van der Waals surface area contributed by atoms with Crippen LogP contribution in [-0.2, 0) is 6.54 Å². The summed E-state index contributed by atoms with van der Waals surface area (Å²) in [7, 11) is 1.72. The van der Waals surface area contributed by atoms with E-state index in [1.54, 1.807) is 18.9 Å². The molecule has 6 heteroatoms. The molecule has 0 atom stereocenters. The number of nitrogens with zero attached hydrogens (tertiary/aromatic N) is 2. The first-order valence-electron chi connectivity index (χ1n) is 8.47. The molecule has 0 bridgehead atoms. The molecule has 0 radical (unpaired) electrons. The van der Waals surface area contributed by atoms with Crippen molar-refractivity contribution >= 4 is 29.0 Å². The lowest BCUT2D eigenvalue weighted by atomic mass is 10.2. The Kier molecular flexibility index (Phi) is 6.39. The molecular weight excluding hydrogens is 352 g/mol. The molecular formula is C19H24N2O2S2. The number of rotatable bonds is 5. The first kappa shape index (κ1) is 18.3. The Morgan fingerprint density at radius 1 is 1.24 bits per heavy atom. The largest absolute Gasteiger partial charge is 0.496 e. The maximum absolute atomic E-state index is 12.5. The van der Waals surface area contributed by atoms with Gasteiger partial charge in [-0.1, -0.05) is 12.1 Å². The van der Waals surface area contributed by atoms with Gasteiger partial charge in [0.15, 0.2) is 0 Å². The maximum Gasteiger partial charge on any atom is 0.263 e. The monoisotopic (exact) mass is 376 g/mol. The molecule has 1 amide bonds. The van der Waals surface area contributed by atoms with Gasteiger partial charge in [-0.05, 0) is 41.8 Å². The van der Waals surface area contributed by atoms with Gasteiger partial charge in [-0.2, -0.15) is 0 Å². The summed E-state index contributed by atoms with van der Waals surface area (Å²) in [4.78, 5) is 18.9. The van der Waals surface area contributed by atoms with Crippen LogP contribution < -0.4 is 4.74 Å². The van der Waals surface area contributed by atoms with Gasteiger partial charge in [0, 0.05) is 37.6 Å². The fourth-order valence-electron chi connectivity index (χ4n) is 3.13. The Morgan fingerprint density at radius 3 is 2.84 bits per heavy atom. The van der Waals surface area contributed by atoms with Crippen molar-refractivity contribution in [2.45, 2.75) is 17.9 Å². The van der Waals surface area contributed by atoms with Crippen LogP contribution in [0.3, 0.4) is 0 Å². The van der Waals surface area contributed by atoms with E-state index in [9.17, 15) is 4.79 Å². The number of benzene rings is 1. The Morgan fingerprint density at radius 2 is 2.12 bits per heavy atom. The van der Waals surface area contributed by atoms with E-state index in [4.69, 9.17) is 4.74 Å². The highest BCUT2D eigenvalue weighted by molar-refractivity contribution is 7.98. The van der Waals surface area contributed by atoms with Gasteiger partial charge >= 0.3 is 0 Å². The van der Waals surface area contributed by atoms with Crippen molar-refractivity contribution in [3.8, 4) is 5.75 Å². The molecule has 1 aromatic carbocycles. The SMILES string of the molecule is COc1cc(CN2CCCN(C(=O)c3cccs3)CC2)ccc1SC. The van der Waals surface area contributed by atoms with E-state index in [0.29, 0.717) is 0 Å². The quantitative estimate of drug-likeness (QED) is 0.743. The van der Waals surface area contributed by atoms with E-state index in [1.165, 1.54) is 16.9 Å². The zero-order chi connectivity index (χ0) is 17.6. The molecule has 1 fully saturated rings. The van der Waals surface area contributed by atoms with Gasteiger partial charge in [0.05, 0.1) is 12.0 Å². The molecule has 0 spiro atoms. The van der Waals surface area contributed by atoms with Gasteiger partial charge in [-0.25, -0.2) is 0 Å². The van der Waals surface area contributed by atoms with Crippen LogP contribution in [0.2, 0.25) is 0 Å². The highest BCUT2D eigenvalue weighted by atomic mass is 32.2. The molecule has 3 rings (SSSR count). The van der Waals surface area contributed by atoms with E-state index in [2.05, 4.69) is 29.4 Å². The zero-order valence-corrected chi connectivity index (χ0v) is 16.4. The molecule has 1 aliphatic heterocycles. The number of carbonyl (C=O) groups excluding carboxylic acids is 1. The van der Waals surface area contributed by atoms with Gasteiger partial charge in [-0.15, -0.1) is 23.1 Å². The van der Waals surface area contributed by atoms with Gasteiger partial charge in [0.2, 0.25) is 0 Å². The third-order valence-electron chi connectivity index (χ3n) is 4.46. The van der Waals surface area contributed by atoms with Gasteiger partial charge in [0.1, 0.15) is 5.75 Å². The predicted molar refractivity (Wildman–Crippen MR) is 105 cm³/mol. The number of hydrogen-bond acceptors (Lipinski definition) is 5. The molecule has 2 aromatic rings. The molecule has 1 aromatic heterocycles. The number of amides is 1. The van der Waals surface area contributed by atoms with Crippen molar-refractivity contribution in [1.82, 2.24) is 9.80 Å². The normalized spacial score (nSPS) is 15.8. The molecule has 2 heterocycles. The Bertz CT molecular complexity index is 703. The summed E-state index contributed by atoms with van der Waals surface area (Å²) in [6, 6.07) is 10.3. The first-order valence-corrected chi connectivity index (χ1v) is 10.6. The summed E-state index contributed by atoms with van der Waals surface area (Å²) >= 11 is 3.22. The van der Waals surface area contributed by atoms with E-state index >= 15 is 0 Å². The molecule has 134 valence electrons. The maximum atomic E-state index is 12.5. The van der Waals surface area contributed by atoms with Crippen LogP contribution in [0.4, 0.5) is 0 Å². The summed E-state index contributed by atoms with van der Waals surface area (Å²) in [6.07, 6.45) is 3.07. The van der Waals surface area contributed by atoms with Crippen molar-refractivity contribution in [3.05, 3.63) is 46.2 Å². The van der Waals surface area contributed by atoms with E-state index in [-0.39, 0.29) is 5.91 Å². The standard InChI is InChI=1S/C19H24N2O2S2/c1-23-16-13-15(6-7-17(16)24-2)14-20-8-4-9-21(11-10-20)19(22)18-5-3-12-25-18/h3,5-7,12-13H,4,8-11,14H2,1-2H3. The number of methoxy groups -OCH3 is 1. The number of ether oxygens (including phenoxy) is 1. The van der Waals surface area contributed by atoms with E-state index in [0.717, 1.165) is 54.7 Å². The number of thiophene rings is 1. The lowest BCUT2D eigenvalue weighted by Gasteiger charge is -2.22. The fourth-order valence-corrected chi connectivity index (χ4v) is 4.36. The van der Waals surface area contributed by atoms with Gasteiger partial charge in [-0.3, -0.25) is 9.69 Å². The van der Waals surface area contributed by atoms with Crippen molar-refractivity contribution < 1.29 is 9.53 Å². The molecule has 1 saturated heterocycles. The van der Waals surface area contributed by atoms with E-state index < -0.39 is 0 Å². The van der Waals surface area contributed by atoms with E-state index in [1.807, 2.05) is 22.4 Å². The average Bonchev–Trinajstić information content (AvgIpc) is 3.08. The van der Waals surface area contributed by atoms with Crippen molar-refractivity contribution in [3.63, 3.8) is 0 Å². The second kappa shape index (κ2) is 8.74. The first-order chi connectivity index (χ1) is 12.2. The summed E-state index contributed by atoms with van der Waals surface area (Å²) in [5.74, 6) is 1.11. The van der Waals surface area contributed by atoms with Gasteiger partial charge < -0.3 is 9.64 Å². The third kappa shape index (κ3) is 4.57. The zero-order valence-electron chi connectivity index (χ0n) is 14.7. The smallest absolute Gasteiger partial charge is 0.263 e. The lowest BCUT2D eigenvalue weighted by Crippen LogP contribution is -2.34. The molecule has 0 aliphatic carbocycles. The molecule has 0 saturated carbocycles. The third-order valence-corrected chi connectivity index (χ3v) is 6.10. The van der Waals surface area contributed by atoms with Crippen LogP contribution in [0.25, 0.3) is 0 Å². The average molecular weight is 377 g/mol. The summed E-state index contributed by atoms with van der Waals surface area (Å²) in [5, 5.41) is 1.96. The number of thioether (sulfide) groups is 1. The van der Waals surface area contributed by atoms with Crippen LogP contribution in [0.1, 0.15) is 21.7 Å². The Balaban J connectivity index is 1.61. The van der Waals surface area contributed by atoms with Crippen molar-refractivity contribution in [2.24, 2.45) is 0 Å². The predicted octanol–water partition coefficient (Wildman–Crippen LogP) is 3.83. The van der Waals surface area contributed by atoms with Crippen LogP contribution in [0.5, 0.6) is 5.75 Å². The fraction of sp³-hybridized carbons (Fsp3) is 0.421. The summed E-state index contributed by atoms with van der Waals surface area (Å²) < 4.78 is 5.49. The van der Waals surface area contributed by atoms with Crippen molar-refractivity contribution in [1.29, 1.82) is 0 Å². The van der Waals surface area contributed by atoms with Crippen LogP contribution in [0.15, 0.2) is 40.6 Å². The van der Waals surface area contributed by atoms with Crippen LogP contribution in [-0.4, -0.2) is 55.3 Å². The van der Waals surface area contributed by atoms with Gasteiger partial charge in [0.25, 0.3) is 5.91 Å². The van der Waals surface area contributed by atoms with Crippen molar-refractivity contribution in [2.75, 3.05) is 39.5 Å². The Hall–Kier alpha value is -1.50. The second-order valence-electron chi connectivity index (χ2n) is 6.09. The summed E-state index contributed by atoms with van der Waals surface area (Å²) in [6.45, 7) is 4.44. The molecule has 4 nitrogen and oxygen atoms in total. The number of carbonyl (C=O) groups is 1. The van der Waals surface area contributed by atoms with Crippen LogP contribution >= 0.6 is 23.1 Å². The molecule has 1 aliphatic rings. The molecule has 25 heavy (non-hydrogen) atoms. The molecule has 0 N–H and O–H groups in total. The Labute approximate surface area is 157 Å². The lowest BCUT2D eigenvalue weighted by molar-refractivity contribution is 0.0766. The topological polar surface area (TPSA) is 32.8 Å². The van der Waals surface area contributed by atoms with Crippen LogP contribution in [0, 0.1) is 0 Å². The highest BCUT2D eigenvalue weighted by Crippen LogP contribution is 2.28. The minimum atomic E-state index is 0.169. The second-order valence-corrected chi connectivity index (χ2v) is 7.88. The minimum Gasteiger partial charge on any atom is -0.496 e. The highest BCUT2D eigenvalue weighted by Gasteiger charge is 2.21. The number of hydrogen-bond donors (Lipinski definition) is 0.